The van der Waals surface area contributed by atoms with Crippen LogP contribution in [-0.4, -0.2) is 11.7 Å². The third-order valence-corrected chi connectivity index (χ3v) is 2.27. The molecule has 1 nitrogen and oxygen atoms in total. The number of rotatable bonds is 7. The third kappa shape index (κ3) is 6.41. The molecule has 0 aromatic rings. The molecule has 0 spiro atoms. The topological polar surface area (TPSA) is 20.2 Å². The van der Waals surface area contributed by atoms with E-state index in [0.29, 0.717) is 6.61 Å². The van der Waals surface area contributed by atoms with Gasteiger partial charge in [0.25, 0.3) is 0 Å². The van der Waals surface area contributed by atoms with Crippen molar-refractivity contribution in [3.8, 4) is 0 Å². The molecular weight excluding hydrogens is 148 g/mol. The zero-order valence-electron chi connectivity index (χ0n) is 8.47. The third-order valence-electron chi connectivity index (χ3n) is 2.27. The molecule has 0 aliphatic rings. The second-order valence-electron chi connectivity index (χ2n) is 3.19. The predicted octanol–water partition coefficient (Wildman–Crippen LogP) is 3.29. The van der Waals surface area contributed by atoms with Crippen LogP contribution in [0.25, 0.3) is 0 Å². The Bertz CT molecular complexity index is 116. The molecule has 0 aromatic heterocycles. The SMILES string of the molecule is C/C=C(/CC)CCCCCCO. The number of aliphatic hydroxyl groups is 1. The molecule has 0 unspecified atom stereocenters. The van der Waals surface area contributed by atoms with Gasteiger partial charge in [0, 0.05) is 6.61 Å². The number of hydrogen-bond donors (Lipinski definition) is 1. The summed E-state index contributed by atoms with van der Waals surface area (Å²) in [6.45, 7) is 4.68. The lowest BCUT2D eigenvalue weighted by Gasteiger charge is -2.02. The van der Waals surface area contributed by atoms with Crippen molar-refractivity contribution in [3.05, 3.63) is 11.6 Å². The van der Waals surface area contributed by atoms with Gasteiger partial charge < -0.3 is 5.11 Å². The van der Waals surface area contributed by atoms with Crippen LogP contribution in [0.4, 0.5) is 0 Å². The van der Waals surface area contributed by atoms with Crippen LogP contribution in [0.2, 0.25) is 0 Å². The van der Waals surface area contributed by atoms with Gasteiger partial charge >= 0.3 is 0 Å². The maximum Gasteiger partial charge on any atom is 0.0431 e. The van der Waals surface area contributed by atoms with Crippen molar-refractivity contribution in [1.29, 1.82) is 0 Å². The van der Waals surface area contributed by atoms with Crippen molar-refractivity contribution in [2.24, 2.45) is 0 Å². The van der Waals surface area contributed by atoms with Crippen LogP contribution in [-0.2, 0) is 0 Å². The number of allylic oxidation sites excluding steroid dienone is 2. The molecule has 72 valence electrons. The van der Waals surface area contributed by atoms with Gasteiger partial charge in [-0.05, 0) is 32.6 Å². The average molecular weight is 170 g/mol. The number of hydrogen-bond acceptors (Lipinski definition) is 1. The van der Waals surface area contributed by atoms with E-state index < -0.39 is 0 Å². The fourth-order valence-electron chi connectivity index (χ4n) is 1.34. The summed E-state index contributed by atoms with van der Waals surface area (Å²) in [6, 6.07) is 0. The Morgan fingerprint density at radius 1 is 1.17 bits per heavy atom. The molecule has 0 fully saturated rings. The minimum Gasteiger partial charge on any atom is -0.396 e. The lowest BCUT2D eigenvalue weighted by molar-refractivity contribution is 0.282. The van der Waals surface area contributed by atoms with Gasteiger partial charge in [0.05, 0.1) is 0 Å². The molecule has 12 heavy (non-hydrogen) atoms. The van der Waals surface area contributed by atoms with Crippen molar-refractivity contribution in [2.75, 3.05) is 6.61 Å². The van der Waals surface area contributed by atoms with Crippen LogP contribution >= 0.6 is 0 Å². The van der Waals surface area contributed by atoms with E-state index in [4.69, 9.17) is 5.11 Å². The molecule has 1 heteroatoms. The molecule has 0 bridgehead atoms. The van der Waals surface area contributed by atoms with Crippen molar-refractivity contribution < 1.29 is 5.11 Å². The van der Waals surface area contributed by atoms with Crippen molar-refractivity contribution >= 4 is 0 Å². The molecule has 0 heterocycles. The van der Waals surface area contributed by atoms with Crippen LogP contribution < -0.4 is 0 Å². The molecular formula is C11H22O. The van der Waals surface area contributed by atoms with Crippen LogP contribution in [0.5, 0.6) is 0 Å². The maximum absolute atomic E-state index is 8.56. The molecule has 0 atom stereocenters. The summed E-state index contributed by atoms with van der Waals surface area (Å²) in [7, 11) is 0. The average Bonchev–Trinajstić information content (AvgIpc) is 2.11. The summed E-state index contributed by atoms with van der Waals surface area (Å²) in [6.07, 6.45) is 9.36. The van der Waals surface area contributed by atoms with E-state index in [-0.39, 0.29) is 0 Å². The lowest BCUT2D eigenvalue weighted by Crippen LogP contribution is -1.85. The Morgan fingerprint density at radius 3 is 2.33 bits per heavy atom. The standard InChI is InChI=1S/C11H22O/c1-3-11(4-2)9-7-5-6-8-10-12/h3,12H,4-10H2,1-2H3/b11-3-. The van der Waals surface area contributed by atoms with Crippen molar-refractivity contribution in [1.82, 2.24) is 0 Å². The van der Waals surface area contributed by atoms with Crippen molar-refractivity contribution in [3.63, 3.8) is 0 Å². The molecule has 0 rings (SSSR count). The van der Waals surface area contributed by atoms with Gasteiger partial charge in [-0.1, -0.05) is 31.4 Å². The summed E-state index contributed by atoms with van der Waals surface area (Å²) < 4.78 is 0. The highest BCUT2D eigenvalue weighted by Gasteiger charge is 1.93. The summed E-state index contributed by atoms with van der Waals surface area (Å²) in [4.78, 5) is 0. The first-order valence-corrected chi connectivity index (χ1v) is 5.10. The summed E-state index contributed by atoms with van der Waals surface area (Å²) in [5, 5.41) is 8.56. The molecule has 0 aliphatic heterocycles. The van der Waals surface area contributed by atoms with E-state index in [0.717, 1.165) is 6.42 Å². The van der Waals surface area contributed by atoms with Gasteiger partial charge in [-0.3, -0.25) is 0 Å². The summed E-state index contributed by atoms with van der Waals surface area (Å²) >= 11 is 0. The minimum absolute atomic E-state index is 0.351. The van der Waals surface area contributed by atoms with Crippen LogP contribution in [0.3, 0.4) is 0 Å². The molecule has 0 amide bonds. The highest BCUT2D eigenvalue weighted by molar-refractivity contribution is 4.98. The first-order chi connectivity index (χ1) is 5.85. The molecule has 0 radical (unpaired) electrons. The normalized spacial score (nSPS) is 12.1. The first-order valence-electron chi connectivity index (χ1n) is 5.10. The highest BCUT2D eigenvalue weighted by atomic mass is 16.2. The highest BCUT2D eigenvalue weighted by Crippen LogP contribution is 2.12. The van der Waals surface area contributed by atoms with E-state index in [9.17, 15) is 0 Å². The Hall–Kier alpha value is -0.300. The minimum atomic E-state index is 0.351. The Morgan fingerprint density at radius 2 is 1.83 bits per heavy atom. The van der Waals surface area contributed by atoms with Crippen LogP contribution in [0.1, 0.15) is 52.4 Å². The van der Waals surface area contributed by atoms with Crippen LogP contribution in [0, 0.1) is 0 Å². The quantitative estimate of drug-likeness (QED) is 0.459. The van der Waals surface area contributed by atoms with Gasteiger partial charge in [0.2, 0.25) is 0 Å². The zero-order valence-corrected chi connectivity index (χ0v) is 8.47. The summed E-state index contributed by atoms with van der Waals surface area (Å²) in [5.74, 6) is 0. The van der Waals surface area contributed by atoms with E-state index >= 15 is 0 Å². The molecule has 0 aliphatic carbocycles. The Labute approximate surface area is 76.5 Å². The zero-order chi connectivity index (χ0) is 9.23. The lowest BCUT2D eigenvalue weighted by atomic mass is 10.0. The van der Waals surface area contributed by atoms with E-state index in [1.54, 1.807) is 5.57 Å². The van der Waals surface area contributed by atoms with Crippen LogP contribution in [0.15, 0.2) is 11.6 Å². The predicted molar refractivity (Wildman–Crippen MR) is 54.2 cm³/mol. The Balaban J connectivity index is 3.18. The molecule has 1 N–H and O–H groups in total. The van der Waals surface area contributed by atoms with Crippen molar-refractivity contribution in [2.45, 2.75) is 52.4 Å². The smallest absolute Gasteiger partial charge is 0.0431 e. The van der Waals surface area contributed by atoms with E-state index in [1.165, 1.54) is 32.1 Å². The van der Waals surface area contributed by atoms with Gasteiger partial charge in [-0.25, -0.2) is 0 Å². The largest absolute Gasteiger partial charge is 0.396 e. The van der Waals surface area contributed by atoms with Gasteiger partial charge in [-0.2, -0.15) is 0 Å². The maximum atomic E-state index is 8.56. The fourth-order valence-corrected chi connectivity index (χ4v) is 1.34. The second-order valence-corrected chi connectivity index (χ2v) is 3.19. The number of aliphatic hydroxyl groups excluding tert-OH is 1. The summed E-state index contributed by atoms with van der Waals surface area (Å²) in [5.41, 5.74) is 1.57. The van der Waals surface area contributed by atoms with E-state index in [1.807, 2.05) is 0 Å². The van der Waals surface area contributed by atoms with Gasteiger partial charge in [-0.15, -0.1) is 0 Å². The van der Waals surface area contributed by atoms with Gasteiger partial charge in [0.1, 0.15) is 0 Å². The van der Waals surface area contributed by atoms with Gasteiger partial charge in [0.15, 0.2) is 0 Å². The number of unbranched alkanes of at least 4 members (excludes halogenated alkanes) is 3. The van der Waals surface area contributed by atoms with E-state index in [2.05, 4.69) is 19.9 Å². The first kappa shape index (κ1) is 11.7. The molecule has 0 saturated heterocycles. The Kier molecular flexibility index (Phi) is 8.57. The molecule has 0 saturated carbocycles. The second kappa shape index (κ2) is 8.79. The fraction of sp³-hybridized carbons (Fsp3) is 0.818. The molecule has 0 aromatic carbocycles. The monoisotopic (exact) mass is 170 g/mol.